The van der Waals surface area contributed by atoms with Crippen molar-refractivity contribution in [3.8, 4) is 0 Å². The minimum atomic E-state index is -2.85. The normalized spacial score (nSPS) is 11.0. The van der Waals surface area contributed by atoms with Crippen molar-refractivity contribution < 1.29 is 23.5 Å². The lowest BCUT2D eigenvalue weighted by molar-refractivity contribution is 0.0696. The monoisotopic (exact) mass is 392 g/mol. The number of nitrogens with zero attached hydrogens (tertiary/aromatic N) is 3. The molecular formula is C19H22F2N4O3. The van der Waals surface area contributed by atoms with Gasteiger partial charge in [0, 0.05) is 18.3 Å². The fourth-order valence-corrected chi connectivity index (χ4v) is 2.72. The van der Waals surface area contributed by atoms with Crippen molar-refractivity contribution in [2.45, 2.75) is 40.2 Å². The number of nitrogens with one attached hydrogen (secondary N) is 1. The molecular weight excluding hydrogens is 370 g/mol. The Morgan fingerprint density at radius 1 is 1.21 bits per heavy atom. The minimum Gasteiger partial charge on any atom is -0.478 e. The number of amides is 1. The van der Waals surface area contributed by atoms with Crippen LogP contribution in [0.1, 0.15) is 59.3 Å². The average Bonchev–Trinajstić information content (AvgIpc) is 2.61. The zero-order chi connectivity index (χ0) is 21.0. The van der Waals surface area contributed by atoms with Crippen LogP contribution in [0.2, 0.25) is 0 Å². The van der Waals surface area contributed by atoms with E-state index < -0.39 is 24.0 Å². The number of hydrogen-bond acceptors (Lipinski definition) is 5. The number of carbonyl (C=O) groups excluding carboxylic acids is 1. The maximum atomic E-state index is 13.3. The molecule has 150 valence electrons. The van der Waals surface area contributed by atoms with Gasteiger partial charge in [-0.25, -0.2) is 23.5 Å². The molecule has 1 aromatic heterocycles. The molecule has 2 aromatic rings. The topological polar surface area (TPSA) is 95.4 Å². The van der Waals surface area contributed by atoms with Gasteiger partial charge >= 0.3 is 5.97 Å². The summed E-state index contributed by atoms with van der Waals surface area (Å²) in [6.07, 6.45) is -2.85. The molecule has 0 aliphatic rings. The summed E-state index contributed by atoms with van der Waals surface area (Å²) in [6, 6.07) is 5.19. The number of carbonyl (C=O) groups is 2. The molecule has 1 aromatic carbocycles. The maximum Gasteiger partial charge on any atom is 0.335 e. The van der Waals surface area contributed by atoms with E-state index in [-0.39, 0.29) is 23.2 Å². The van der Waals surface area contributed by atoms with Crippen molar-refractivity contribution >= 4 is 23.5 Å². The summed E-state index contributed by atoms with van der Waals surface area (Å²) in [5, 5.41) is 11.6. The van der Waals surface area contributed by atoms with E-state index in [1.165, 1.54) is 18.2 Å². The number of aryl methyl sites for hydroxylation is 1. The fourth-order valence-electron chi connectivity index (χ4n) is 2.72. The van der Waals surface area contributed by atoms with Gasteiger partial charge in [0.2, 0.25) is 5.95 Å². The van der Waals surface area contributed by atoms with Gasteiger partial charge in [0.1, 0.15) is 11.4 Å². The van der Waals surface area contributed by atoms with Gasteiger partial charge in [-0.2, -0.15) is 0 Å². The maximum absolute atomic E-state index is 13.3. The van der Waals surface area contributed by atoms with Crippen molar-refractivity contribution in [3.05, 3.63) is 46.8 Å². The summed E-state index contributed by atoms with van der Waals surface area (Å²) in [5.41, 5.74) is 0.172. The number of benzene rings is 1. The highest BCUT2D eigenvalue weighted by Gasteiger charge is 2.21. The van der Waals surface area contributed by atoms with Crippen molar-refractivity contribution in [1.29, 1.82) is 0 Å². The molecule has 7 nitrogen and oxygen atoms in total. The van der Waals surface area contributed by atoms with Crippen molar-refractivity contribution in [2.75, 3.05) is 16.8 Å². The Labute approximate surface area is 161 Å². The van der Waals surface area contributed by atoms with Gasteiger partial charge in [0.25, 0.3) is 12.3 Å². The summed E-state index contributed by atoms with van der Waals surface area (Å²) >= 11 is 0. The van der Waals surface area contributed by atoms with E-state index in [1.54, 1.807) is 11.8 Å². The lowest BCUT2D eigenvalue weighted by atomic mass is 10.1. The van der Waals surface area contributed by atoms with Gasteiger partial charge < -0.3 is 15.3 Å². The molecule has 0 saturated heterocycles. The lowest BCUT2D eigenvalue weighted by Gasteiger charge is -2.25. The number of carboxylic acid groups (broad SMARTS) is 1. The highest BCUT2D eigenvalue weighted by molar-refractivity contribution is 6.03. The number of aromatic carboxylic acids is 1. The summed E-state index contributed by atoms with van der Waals surface area (Å²) in [7, 11) is 0. The highest BCUT2D eigenvalue weighted by Crippen LogP contribution is 2.22. The SMILES string of the molecule is CCN(c1nc(C(=O)Nc2ccc(C(=O)O)c(C)c2)cc(C(F)F)n1)C(C)C. The molecule has 1 heterocycles. The van der Waals surface area contributed by atoms with Crippen molar-refractivity contribution in [2.24, 2.45) is 0 Å². The molecule has 0 radical (unpaired) electrons. The molecule has 9 heteroatoms. The second-order valence-corrected chi connectivity index (χ2v) is 6.45. The van der Waals surface area contributed by atoms with E-state index in [9.17, 15) is 18.4 Å². The molecule has 1 amide bonds. The number of rotatable bonds is 7. The Morgan fingerprint density at radius 3 is 2.39 bits per heavy atom. The van der Waals surface area contributed by atoms with Crippen LogP contribution in [0.4, 0.5) is 20.4 Å². The second-order valence-electron chi connectivity index (χ2n) is 6.45. The van der Waals surface area contributed by atoms with Crippen LogP contribution >= 0.6 is 0 Å². The lowest BCUT2D eigenvalue weighted by Crippen LogP contribution is -2.33. The van der Waals surface area contributed by atoms with Gasteiger partial charge in [-0.05, 0) is 57.5 Å². The fraction of sp³-hybridized carbons (Fsp3) is 0.368. The number of halogens is 2. The summed E-state index contributed by atoms with van der Waals surface area (Å²) in [5.74, 6) is -1.71. The molecule has 28 heavy (non-hydrogen) atoms. The van der Waals surface area contributed by atoms with Crippen molar-refractivity contribution in [3.63, 3.8) is 0 Å². The third-order valence-electron chi connectivity index (χ3n) is 4.13. The van der Waals surface area contributed by atoms with Crippen LogP contribution in [0.3, 0.4) is 0 Å². The Hall–Kier alpha value is -3.10. The third kappa shape index (κ3) is 4.79. The van der Waals surface area contributed by atoms with E-state index in [2.05, 4.69) is 15.3 Å². The number of alkyl halides is 2. The van der Waals surface area contributed by atoms with Crippen LogP contribution in [0, 0.1) is 6.92 Å². The second kappa shape index (κ2) is 8.73. The summed E-state index contributed by atoms with van der Waals surface area (Å²) in [6.45, 7) is 7.66. The predicted octanol–water partition coefficient (Wildman–Crippen LogP) is 3.91. The summed E-state index contributed by atoms with van der Waals surface area (Å²) < 4.78 is 26.5. The van der Waals surface area contributed by atoms with E-state index in [4.69, 9.17) is 5.11 Å². The van der Waals surface area contributed by atoms with E-state index in [0.717, 1.165) is 6.07 Å². The first-order valence-corrected chi connectivity index (χ1v) is 8.73. The quantitative estimate of drug-likeness (QED) is 0.742. The molecule has 2 rings (SSSR count). The standard InChI is InChI=1S/C19H22F2N4O3/c1-5-25(10(2)3)19-23-14(16(20)21)9-15(24-19)17(26)22-12-6-7-13(18(27)28)11(4)8-12/h6-10,16H,5H2,1-4H3,(H,22,26)(H,27,28). The van der Waals surface area contributed by atoms with Crippen LogP contribution < -0.4 is 10.2 Å². The molecule has 0 atom stereocenters. The number of hydrogen-bond donors (Lipinski definition) is 2. The molecule has 0 unspecified atom stereocenters. The zero-order valence-corrected chi connectivity index (χ0v) is 16.0. The Morgan fingerprint density at radius 2 is 1.89 bits per heavy atom. The Balaban J connectivity index is 2.37. The first-order valence-electron chi connectivity index (χ1n) is 8.73. The van der Waals surface area contributed by atoms with Crippen LogP contribution in [0.25, 0.3) is 0 Å². The average molecular weight is 392 g/mol. The largest absolute Gasteiger partial charge is 0.478 e. The van der Waals surface area contributed by atoms with Gasteiger partial charge in [-0.15, -0.1) is 0 Å². The van der Waals surface area contributed by atoms with Gasteiger partial charge in [0.05, 0.1) is 5.56 Å². The van der Waals surface area contributed by atoms with Gasteiger partial charge in [-0.1, -0.05) is 0 Å². The summed E-state index contributed by atoms with van der Waals surface area (Å²) in [4.78, 5) is 33.4. The molecule has 0 fully saturated rings. The van der Waals surface area contributed by atoms with E-state index in [1.807, 2.05) is 20.8 Å². The smallest absolute Gasteiger partial charge is 0.335 e. The van der Waals surface area contributed by atoms with Crippen LogP contribution in [-0.4, -0.2) is 39.5 Å². The Bertz CT molecular complexity index is 887. The molecule has 0 aliphatic heterocycles. The molecule has 0 saturated carbocycles. The third-order valence-corrected chi connectivity index (χ3v) is 4.13. The van der Waals surface area contributed by atoms with Crippen molar-refractivity contribution in [1.82, 2.24) is 9.97 Å². The number of aromatic nitrogens is 2. The van der Waals surface area contributed by atoms with Crippen LogP contribution in [0.15, 0.2) is 24.3 Å². The molecule has 0 bridgehead atoms. The van der Waals surface area contributed by atoms with E-state index in [0.29, 0.717) is 17.8 Å². The Kier molecular flexibility index (Phi) is 6.61. The van der Waals surface area contributed by atoms with Gasteiger partial charge in [-0.3, -0.25) is 4.79 Å². The first kappa shape index (κ1) is 21.2. The van der Waals surface area contributed by atoms with Gasteiger partial charge in [0.15, 0.2) is 0 Å². The van der Waals surface area contributed by atoms with E-state index >= 15 is 0 Å². The zero-order valence-electron chi connectivity index (χ0n) is 16.0. The molecule has 2 N–H and O–H groups in total. The van der Waals surface area contributed by atoms with Crippen LogP contribution in [-0.2, 0) is 0 Å². The van der Waals surface area contributed by atoms with Crippen LogP contribution in [0.5, 0.6) is 0 Å². The number of carboxylic acids is 1. The molecule has 0 aliphatic carbocycles. The first-order chi connectivity index (χ1) is 13.1. The number of anilines is 2. The highest BCUT2D eigenvalue weighted by atomic mass is 19.3. The molecule has 0 spiro atoms. The predicted molar refractivity (Wildman–Crippen MR) is 101 cm³/mol. The minimum absolute atomic E-state index is 0.0416.